The van der Waals surface area contributed by atoms with E-state index in [1.54, 1.807) is 7.11 Å². The Balaban J connectivity index is 0.000000127. The summed E-state index contributed by atoms with van der Waals surface area (Å²) >= 11 is 3.70. The van der Waals surface area contributed by atoms with Crippen molar-refractivity contribution >= 4 is 56.0 Å². The van der Waals surface area contributed by atoms with E-state index in [1.165, 1.54) is 66.1 Å². The highest BCUT2D eigenvalue weighted by Crippen LogP contribution is 2.36. The molecule has 0 aromatic heterocycles. The molecule has 2 unspecified atom stereocenters. The van der Waals surface area contributed by atoms with Crippen LogP contribution in [0.5, 0.6) is 57.5 Å². The van der Waals surface area contributed by atoms with E-state index in [0.29, 0.717) is 63.7 Å². The Morgan fingerprint density at radius 3 is 1.65 bits per heavy atom. The fraction of sp³-hybridized carbons (Fsp3) is 0.329. The van der Waals surface area contributed by atoms with Gasteiger partial charge in [0.15, 0.2) is 45.8 Å². The number of carbonyl (C=O) groups excluding carboxylic acids is 1. The molecule has 0 bridgehead atoms. The van der Waals surface area contributed by atoms with Gasteiger partial charge in [-0.3, -0.25) is 9.00 Å². The second-order valence-electron chi connectivity index (χ2n) is 26.3. The number of carbonyl (C=O) groups is 1. The van der Waals surface area contributed by atoms with Crippen LogP contribution in [0.4, 0.5) is 0 Å². The van der Waals surface area contributed by atoms with Crippen LogP contribution in [0.1, 0.15) is 89.0 Å². The summed E-state index contributed by atoms with van der Waals surface area (Å²) < 4.78 is 97.4. The SMILES string of the molecule is COC1COc2ccc(C)cc2C1.Cc1ccc2c(c1)C=CCO2.Cc1ccc2c(c1)CC(=O)CO2.Cc1ccc2c(c1)COCO2.Cc1ccc2c(c1)CS(=O)(=O)CO2.Cc1ccc2c(c1)CS(=O)CO2.Cc1ccc2c(c1)CSCO2.Cc1ccc2c(c1)OCCO2.Cc1ccc2c(c1)SCCO2. The highest BCUT2D eigenvalue weighted by molar-refractivity contribution is 7.99. The van der Waals surface area contributed by atoms with Gasteiger partial charge in [-0.2, -0.15) is 0 Å². The molecular formula is C85H94O16S4. The van der Waals surface area contributed by atoms with E-state index in [0.717, 1.165) is 110 Å². The number of rotatable bonds is 1. The maximum absolute atomic E-state index is 11.2. The molecule has 20 heteroatoms. The van der Waals surface area contributed by atoms with E-state index in [-0.39, 0.29) is 30.2 Å². The molecule has 2 atom stereocenters. The summed E-state index contributed by atoms with van der Waals surface area (Å²) in [5.41, 5.74) is 18.8. The molecule has 18 rings (SSSR count). The second kappa shape index (κ2) is 38.9. The van der Waals surface area contributed by atoms with E-state index >= 15 is 0 Å². The number of ether oxygens (including phenoxy) is 12. The van der Waals surface area contributed by atoms with Gasteiger partial charge in [0.1, 0.15) is 85.0 Å². The molecule has 9 aliphatic heterocycles. The summed E-state index contributed by atoms with van der Waals surface area (Å²) in [7, 11) is -2.14. The Hall–Kier alpha value is -8.89. The van der Waals surface area contributed by atoms with Crippen LogP contribution in [0.25, 0.3) is 6.08 Å². The van der Waals surface area contributed by atoms with Crippen molar-refractivity contribution in [2.45, 2.75) is 110 Å². The highest BCUT2D eigenvalue weighted by atomic mass is 32.2. The van der Waals surface area contributed by atoms with E-state index < -0.39 is 20.6 Å². The predicted octanol–water partition coefficient (Wildman–Crippen LogP) is 17.4. The number of aryl methyl sites for hydroxylation is 9. The van der Waals surface area contributed by atoms with Crippen molar-refractivity contribution < 1.29 is 74.3 Å². The minimum absolute atomic E-state index is 0.101. The van der Waals surface area contributed by atoms with E-state index in [4.69, 9.17) is 56.8 Å². The Kier molecular flexibility index (Phi) is 29.2. The van der Waals surface area contributed by atoms with Gasteiger partial charge >= 0.3 is 0 Å². The van der Waals surface area contributed by atoms with Crippen LogP contribution in [0, 0.1) is 62.3 Å². The topological polar surface area (TPSA) is 179 Å². The van der Waals surface area contributed by atoms with E-state index in [1.807, 2.05) is 154 Å². The Labute approximate surface area is 629 Å². The number of ketones is 1. The lowest BCUT2D eigenvalue weighted by Crippen LogP contribution is -2.27. The third-order valence-corrected chi connectivity index (χ3v) is 21.1. The number of thioether (sulfide) groups is 2. The van der Waals surface area contributed by atoms with Gasteiger partial charge in [-0.05, 0) is 158 Å². The number of hydrogen-bond acceptors (Lipinski definition) is 18. The molecule has 0 saturated carbocycles. The minimum atomic E-state index is -3.04. The lowest BCUT2D eigenvalue weighted by atomic mass is 10.0. The maximum atomic E-state index is 11.2. The summed E-state index contributed by atoms with van der Waals surface area (Å²) in [5, 5.41) is 0. The molecule has 105 heavy (non-hydrogen) atoms. The van der Waals surface area contributed by atoms with Crippen molar-refractivity contribution in [2.24, 2.45) is 0 Å². The quantitative estimate of drug-likeness (QED) is 0.151. The first kappa shape index (κ1) is 78.7. The van der Waals surface area contributed by atoms with Crippen LogP contribution in [-0.4, -0.2) is 102 Å². The molecule has 9 heterocycles. The van der Waals surface area contributed by atoms with Crippen LogP contribution in [-0.2, 0) is 71.6 Å². The number of Topliss-reactive ketones (excluding diaryl/α,β-unsaturated/α-hetero) is 1. The van der Waals surface area contributed by atoms with Crippen LogP contribution in [0.2, 0.25) is 0 Å². The van der Waals surface area contributed by atoms with Gasteiger partial charge in [-0.1, -0.05) is 136 Å². The fourth-order valence-electron chi connectivity index (χ4n) is 11.7. The van der Waals surface area contributed by atoms with Crippen molar-refractivity contribution in [3.8, 4) is 57.5 Å². The average molecular weight is 1500 g/mol. The summed E-state index contributed by atoms with van der Waals surface area (Å²) in [6.07, 6.45) is 5.84. The first-order valence-electron chi connectivity index (χ1n) is 34.9. The zero-order chi connectivity index (χ0) is 74.2. The zero-order valence-electron chi connectivity index (χ0n) is 61.5. The van der Waals surface area contributed by atoms with Crippen molar-refractivity contribution in [2.75, 3.05) is 77.1 Å². The first-order valence-corrected chi connectivity index (χ1v) is 40.3. The number of sulfone groups is 1. The lowest BCUT2D eigenvalue weighted by molar-refractivity contribution is -0.121. The molecule has 16 nitrogen and oxygen atoms in total. The third-order valence-electron chi connectivity index (χ3n) is 17.0. The molecule has 0 radical (unpaired) electrons. The number of fused-ring (bicyclic) bond motifs is 9. The van der Waals surface area contributed by atoms with Gasteiger partial charge in [0.2, 0.25) is 0 Å². The maximum Gasteiger partial charge on any atom is 0.189 e. The molecule has 0 N–H and O–H groups in total. The Morgan fingerprint density at radius 2 is 0.971 bits per heavy atom. The monoisotopic (exact) mass is 1500 g/mol. The van der Waals surface area contributed by atoms with Crippen LogP contribution in [0.15, 0.2) is 175 Å². The van der Waals surface area contributed by atoms with E-state index in [9.17, 15) is 17.4 Å². The normalized spacial score (nSPS) is 16.9. The molecule has 0 amide bonds. The molecule has 0 spiro atoms. The fourth-order valence-corrected chi connectivity index (χ4v) is 15.4. The van der Waals surface area contributed by atoms with Gasteiger partial charge in [-0.25, -0.2) is 8.42 Å². The molecular weight excluding hydrogens is 1410 g/mol. The van der Waals surface area contributed by atoms with Crippen molar-refractivity contribution in [3.05, 3.63) is 259 Å². The van der Waals surface area contributed by atoms with Crippen molar-refractivity contribution in [1.82, 2.24) is 0 Å². The largest absolute Gasteiger partial charge is 0.492 e. The van der Waals surface area contributed by atoms with Gasteiger partial charge in [0.25, 0.3) is 0 Å². The van der Waals surface area contributed by atoms with Crippen LogP contribution < -0.4 is 47.4 Å². The minimum Gasteiger partial charge on any atom is -0.492 e. The van der Waals surface area contributed by atoms with Gasteiger partial charge in [-0.15, -0.1) is 23.5 Å². The van der Waals surface area contributed by atoms with Gasteiger partial charge in [0, 0.05) is 69.7 Å². The average Bonchev–Trinajstić information content (AvgIpc) is 0.828. The standard InChI is InChI=1S/C11H14O2.C10H10O2.C10H10O.C9H10O3S.C9H10O2S.2C9H10O2.2C9H10OS/c1-8-3-4-11-9(5-8)6-10(12-2)7-13-11;1-7-2-3-10-8(4-7)5-9(11)6-12-10;1-8-4-5-10-9(7-8)3-2-6-11-10;1-7-2-3-9-8(4-7)5-13(10,11)6-12-9;1-7-2-3-9-8(4-7)5-12(10)6-11-9;1-7-2-3-9-8(4-7)5-10-6-11-9;1-7-2-3-8-9(6-7)11-5-4-10-8;1-7-2-3-9-8(4-7)5-11-6-10-9;1-7-2-3-8-9(6-7)11-5-4-10-8/h3-5,10H,6-7H2,1-2H3;2-4H,5-6H2,1H3;2-5,7H,6H2,1H3;2-4H,5-6H2,1H3;2-4H,5-6H2,1H3;2-4H,5-6H2,1H3;2-3,6H,4-5H2,1H3;2-4H,5-6H2,1H3;2-3,6H,4-5H2,1H3. The summed E-state index contributed by atoms with van der Waals surface area (Å²) in [4.78, 5) is 12.3. The van der Waals surface area contributed by atoms with Crippen LogP contribution >= 0.6 is 23.5 Å². The smallest absolute Gasteiger partial charge is 0.189 e. The first-order chi connectivity index (χ1) is 50.7. The number of benzene rings is 9. The van der Waals surface area contributed by atoms with Crippen LogP contribution in [0.3, 0.4) is 0 Å². The lowest BCUT2D eigenvalue weighted by Gasteiger charge is -2.24. The number of hydrogen-bond donors (Lipinski definition) is 0. The van der Waals surface area contributed by atoms with Crippen molar-refractivity contribution in [1.29, 1.82) is 0 Å². The molecule has 9 aliphatic rings. The van der Waals surface area contributed by atoms with Gasteiger partial charge < -0.3 is 56.8 Å². The molecule has 0 aliphatic carbocycles. The summed E-state index contributed by atoms with van der Waals surface area (Å²) in [5.74, 6) is 13.3. The second-order valence-corrected chi connectivity index (χ2v) is 31.8. The van der Waals surface area contributed by atoms with Crippen molar-refractivity contribution in [3.63, 3.8) is 0 Å². The zero-order valence-corrected chi connectivity index (χ0v) is 64.8. The summed E-state index contributed by atoms with van der Waals surface area (Å²) in [6.45, 7) is 23.3. The summed E-state index contributed by atoms with van der Waals surface area (Å²) in [6, 6.07) is 54.8. The Bertz CT molecular complexity index is 4310. The third kappa shape index (κ3) is 24.6. The number of methoxy groups -OCH3 is 1. The van der Waals surface area contributed by atoms with E-state index in [2.05, 4.69) is 107 Å². The molecule has 9 aromatic carbocycles. The van der Waals surface area contributed by atoms with Gasteiger partial charge in [0.05, 0.1) is 41.6 Å². The molecule has 554 valence electrons. The molecule has 9 aromatic rings. The predicted molar refractivity (Wildman–Crippen MR) is 419 cm³/mol. The highest BCUT2D eigenvalue weighted by Gasteiger charge is 2.23. The molecule has 0 fully saturated rings. The Morgan fingerprint density at radius 1 is 0.457 bits per heavy atom. The molecule has 0 saturated heterocycles.